The van der Waals surface area contributed by atoms with Crippen LogP contribution < -0.4 is 9.47 Å². The van der Waals surface area contributed by atoms with Gasteiger partial charge in [-0.15, -0.1) is 0 Å². The number of hydrogen-bond acceptors (Lipinski definition) is 4. The Bertz CT molecular complexity index is 1130. The van der Waals surface area contributed by atoms with Gasteiger partial charge < -0.3 is 18.9 Å². The maximum Gasteiger partial charge on any atom is 0.130 e. The second kappa shape index (κ2) is 10.1. The fourth-order valence-corrected chi connectivity index (χ4v) is 5.46. The van der Waals surface area contributed by atoms with Crippen LogP contribution in [-0.4, -0.2) is 38.6 Å². The van der Waals surface area contributed by atoms with Gasteiger partial charge in [0.25, 0.3) is 0 Å². The maximum atomic E-state index is 6.51. The summed E-state index contributed by atoms with van der Waals surface area (Å²) in [6.45, 7) is 14.5. The quantitative estimate of drug-likeness (QED) is 0.331. The molecular weight excluding hydrogens is 448 g/mol. The van der Waals surface area contributed by atoms with E-state index in [1.165, 1.54) is 27.8 Å². The fraction of sp³-hybridized carbons (Fsp3) is 0.500. The molecule has 2 saturated heterocycles. The van der Waals surface area contributed by atoms with Gasteiger partial charge in [-0.3, -0.25) is 0 Å². The monoisotopic (exact) mass is 488 g/mol. The molecule has 5 rings (SSSR count). The van der Waals surface area contributed by atoms with Crippen LogP contribution >= 0.6 is 0 Å². The average Bonchev–Trinajstić information content (AvgIpc) is 3.75. The Balaban J connectivity index is 1.39. The zero-order valence-electron chi connectivity index (χ0n) is 22.4. The molecular formula is C32H40O4. The Morgan fingerprint density at radius 2 is 1.39 bits per heavy atom. The van der Waals surface area contributed by atoms with E-state index in [2.05, 4.69) is 89.2 Å². The highest BCUT2D eigenvalue weighted by Gasteiger charge is 2.32. The SMILES string of the molecule is CC(C)(C)CC(C)(C)c1cccc(C2=CC=C(c3ccc(OCC4CO4)cc3)CC2)c1OCC1CO1. The minimum absolute atomic E-state index is 0.000321. The maximum absolute atomic E-state index is 6.51. The summed E-state index contributed by atoms with van der Waals surface area (Å²) in [5.74, 6) is 1.93. The molecule has 0 bridgehead atoms. The van der Waals surface area contributed by atoms with Crippen molar-refractivity contribution in [2.75, 3.05) is 26.4 Å². The average molecular weight is 489 g/mol. The van der Waals surface area contributed by atoms with E-state index in [4.69, 9.17) is 18.9 Å². The Morgan fingerprint density at radius 3 is 1.97 bits per heavy atom. The summed E-state index contributed by atoms with van der Waals surface area (Å²) in [4.78, 5) is 0. The van der Waals surface area contributed by atoms with E-state index in [1.807, 2.05) is 0 Å². The highest BCUT2D eigenvalue weighted by Crippen LogP contribution is 2.45. The van der Waals surface area contributed by atoms with E-state index in [0.29, 0.717) is 13.2 Å². The van der Waals surface area contributed by atoms with Crippen molar-refractivity contribution >= 4 is 11.1 Å². The van der Waals surface area contributed by atoms with Crippen LogP contribution in [0.4, 0.5) is 0 Å². The van der Waals surface area contributed by atoms with Crippen molar-refractivity contribution in [2.24, 2.45) is 5.41 Å². The summed E-state index contributed by atoms with van der Waals surface area (Å²) in [5.41, 5.74) is 6.68. The molecule has 3 aliphatic rings. The molecule has 2 atom stereocenters. The van der Waals surface area contributed by atoms with Crippen LogP contribution in [0.2, 0.25) is 0 Å². The highest BCUT2D eigenvalue weighted by atomic mass is 16.6. The lowest BCUT2D eigenvalue weighted by atomic mass is 9.71. The molecule has 2 heterocycles. The fourth-order valence-electron chi connectivity index (χ4n) is 5.46. The summed E-state index contributed by atoms with van der Waals surface area (Å²) in [6, 6.07) is 15.1. The summed E-state index contributed by atoms with van der Waals surface area (Å²) in [7, 11) is 0. The van der Waals surface area contributed by atoms with Crippen molar-refractivity contribution in [3.05, 3.63) is 71.3 Å². The second-order valence-corrected chi connectivity index (χ2v) is 12.2. The Morgan fingerprint density at radius 1 is 0.778 bits per heavy atom. The normalized spacial score (nSPS) is 21.5. The molecule has 0 aromatic heterocycles. The first kappa shape index (κ1) is 25.1. The molecule has 0 amide bonds. The van der Waals surface area contributed by atoms with Crippen LogP contribution in [0.5, 0.6) is 11.5 Å². The summed E-state index contributed by atoms with van der Waals surface area (Å²) in [6.07, 6.45) is 8.13. The van der Waals surface area contributed by atoms with Crippen LogP contribution in [0.25, 0.3) is 11.1 Å². The van der Waals surface area contributed by atoms with Crippen molar-refractivity contribution < 1.29 is 18.9 Å². The van der Waals surface area contributed by atoms with Gasteiger partial charge in [0.05, 0.1) is 13.2 Å². The second-order valence-electron chi connectivity index (χ2n) is 12.2. The van der Waals surface area contributed by atoms with E-state index in [-0.39, 0.29) is 23.0 Å². The van der Waals surface area contributed by atoms with Crippen LogP contribution in [0.15, 0.2) is 54.6 Å². The predicted octanol–water partition coefficient (Wildman–Crippen LogP) is 7.22. The van der Waals surface area contributed by atoms with E-state index < -0.39 is 0 Å². The lowest BCUT2D eigenvalue weighted by molar-refractivity contribution is 0.244. The molecule has 2 fully saturated rings. The van der Waals surface area contributed by atoms with Gasteiger partial charge in [0.1, 0.15) is 36.9 Å². The van der Waals surface area contributed by atoms with Gasteiger partial charge in [0, 0.05) is 11.1 Å². The minimum Gasteiger partial charge on any atom is -0.491 e. The number of rotatable bonds is 10. The topological polar surface area (TPSA) is 43.5 Å². The molecule has 0 N–H and O–H groups in total. The van der Waals surface area contributed by atoms with Crippen LogP contribution in [0.3, 0.4) is 0 Å². The molecule has 2 aromatic carbocycles. The Hall–Kier alpha value is -2.56. The molecule has 0 saturated carbocycles. The third kappa shape index (κ3) is 6.41. The van der Waals surface area contributed by atoms with E-state index in [0.717, 1.165) is 44.0 Å². The van der Waals surface area contributed by atoms with Gasteiger partial charge in [0.15, 0.2) is 0 Å². The molecule has 2 aromatic rings. The van der Waals surface area contributed by atoms with Crippen molar-refractivity contribution in [3.8, 4) is 11.5 Å². The largest absolute Gasteiger partial charge is 0.491 e. The van der Waals surface area contributed by atoms with Gasteiger partial charge in [-0.1, -0.05) is 77.1 Å². The zero-order valence-corrected chi connectivity index (χ0v) is 22.4. The first-order valence-electron chi connectivity index (χ1n) is 13.3. The molecule has 2 aliphatic heterocycles. The third-order valence-corrected chi connectivity index (χ3v) is 7.09. The Kier molecular flexibility index (Phi) is 7.02. The third-order valence-electron chi connectivity index (χ3n) is 7.09. The first-order chi connectivity index (χ1) is 17.2. The number of ether oxygens (including phenoxy) is 4. The molecule has 36 heavy (non-hydrogen) atoms. The highest BCUT2D eigenvalue weighted by molar-refractivity contribution is 5.81. The molecule has 0 radical (unpaired) electrons. The lowest BCUT2D eigenvalue weighted by Gasteiger charge is -2.35. The van der Waals surface area contributed by atoms with E-state index in [1.54, 1.807) is 0 Å². The van der Waals surface area contributed by atoms with Gasteiger partial charge in [-0.2, -0.15) is 0 Å². The number of allylic oxidation sites excluding steroid dienone is 4. The number of hydrogen-bond donors (Lipinski definition) is 0. The van der Waals surface area contributed by atoms with Crippen LogP contribution in [0.1, 0.15) is 70.6 Å². The zero-order chi connectivity index (χ0) is 25.3. The van der Waals surface area contributed by atoms with Crippen molar-refractivity contribution in [1.82, 2.24) is 0 Å². The number of epoxide rings is 2. The van der Waals surface area contributed by atoms with Crippen molar-refractivity contribution in [2.45, 2.75) is 71.5 Å². The number of para-hydroxylation sites is 1. The molecule has 4 heteroatoms. The predicted molar refractivity (Wildman–Crippen MR) is 146 cm³/mol. The molecule has 2 unspecified atom stereocenters. The molecule has 1 aliphatic carbocycles. The van der Waals surface area contributed by atoms with Crippen molar-refractivity contribution in [1.29, 1.82) is 0 Å². The van der Waals surface area contributed by atoms with Crippen molar-refractivity contribution in [3.63, 3.8) is 0 Å². The molecule has 0 spiro atoms. The van der Waals surface area contributed by atoms with Gasteiger partial charge in [-0.25, -0.2) is 0 Å². The first-order valence-corrected chi connectivity index (χ1v) is 13.3. The summed E-state index contributed by atoms with van der Waals surface area (Å²) in [5, 5.41) is 0. The lowest BCUT2D eigenvalue weighted by Crippen LogP contribution is -2.26. The van der Waals surface area contributed by atoms with Gasteiger partial charge in [0.2, 0.25) is 0 Å². The number of benzene rings is 2. The summed E-state index contributed by atoms with van der Waals surface area (Å²) < 4.78 is 23.0. The van der Waals surface area contributed by atoms with Crippen LogP contribution in [0, 0.1) is 5.41 Å². The van der Waals surface area contributed by atoms with E-state index >= 15 is 0 Å². The van der Waals surface area contributed by atoms with Gasteiger partial charge >= 0.3 is 0 Å². The van der Waals surface area contributed by atoms with Crippen LogP contribution in [-0.2, 0) is 14.9 Å². The smallest absolute Gasteiger partial charge is 0.130 e. The molecule has 192 valence electrons. The Labute approximate surface area is 216 Å². The van der Waals surface area contributed by atoms with E-state index in [9.17, 15) is 0 Å². The minimum atomic E-state index is -0.000321. The molecule has 4 nitrogen and oxygen atoms in total. The standard InChI is InChI=1S/C32H40O4/c1-31(2,3)21-32(4,5)29-8-6-7-28(30(29)36-20-27-19-35-27)24-11-9-22(10-12-24)23-13-15-25(16-14-23)33-17-26-18-34-26/h6-9,11,13-16,26-27H,10,12,17-21H2,1-5H3. The summed E-state index contributed by atoms with van der Waals surface area (Å²) >= 11 is 0. The van der Waals surface area contributed by atoms with Gasteiger partial charge in [-0.05, 0) is 58.9 Å².